The highest BCUT2D eigenvalue weighted by Crippen LogP contribution is 2.60. The zero-order chi connectivity index (χ0) is 14.9. The van der Waals surface area contributed by atoms with Crippen molar-refractivity contribution in [2.45, 2.75) is 12.1 Å². The van der Waals surface area contributed by atoms with E-state index >= 15 is 0 Å². The largest absolute Gasteiger partial charge is 0.774 e. The normalized spacial score (nSPS) is 16.9. The lowest BCUT2D eigenvalue weighted by Gasteiger charge is -2.41. The molecule has 20 heavy (non-hydrogen) atoms. The van der Waals surface area contributed by atoms with Crippen LogP contribution in [-0.2, 0) is 15.7 Å². The molecule has 0 fully saturated rings. The van der Waals surface area contributed by atoms with Crippen molar-refractivity contribution >= 4 is 15.2 Å². The first-order chi connectivity index (χ1) is 8.44. The second-order valence-electron chi connectivity index (χ2n) is 4.92. The van der Waals surface area contributed by atoms with Crippen LogP contribution in [0.4, 0.5) is 0 Å². The predicted octanol–water partition coefficient (Wildman–Crippen LogP) is -0.555. The molecule has 0 radical (unpaired) electrons. The van der Waals surface area contributed by atoms with Crippen molar-refractivity contribution in [1.29, 1.82) is 0 Å². The zero-order valence-electron chi connectivity index (χ0n) is 11.1. The Kier molecular flexibility index (Phi) is 6.29. The summed E-state index contributed by atoms with van der Waals surface area (Å²) in [7, 11) is -7.52. The van der Waals surface area contributed by atoms with Crippen molar-refractivity contribution in [1.82, 2.24) is 0 Å². The van der Waals surface area contributed by atoms with Crippen molar-refractivity contribution < 1.29 is 38.7 Å². The molecule has 5 N–H and O–H groups in total. The smallest absolute Gasteiger partial charge is 0.391 e. The molecule has 2 atom stereocenters. The molecule has 0 amide bonds. The Morgan fingerprint density at radius 2 is 1.60 bits per heavy atom. The molecule has 0 bridgehead atoms. The molecule has 1 aromatic carbocycles. The molecule has 0 saturated carbocycles. The van der Waals surface area contributed by atoms with E-state index < -0.39 is 25.2 Å². The van der Waals surface area contributed by atoms with E-state index in [-0.39, 0.29) is 12.0 Å². The molecule has 1 aromatic rings. The van der Waals surface area contributed by atoms with Crippen molar-refractivity contribution in [3.63, 3.8) is 0 Å². The van der Waals surface area contributed by atoms with Crippen molar-refractivity contribution in [2.24, 2.45) is 0 Å². The van der Waals surface area contributed by atoms with Gasteiger partial charge in [-0.2, -0.15) is 0 Å². The number of hydrogen-bond donors (Lipinski definition) is 3. The van der Waals surface area contributed by atoms with Crippen LogP contribution < -0.4 is 4.89 Å². The highest BCUT2D eigenvalue weighted by Gasteiger charge is 2.49. The van der Waals surface area contributed by atoms with Crippen molar-refractivity contribution in [3.8, 4) is 0 Å². The lowest BCUT2D eigenvalue weighted by atomic mass is 10.2. The molecule has 0 aromatic heterocycles. The molecule has 0 saturated heterocycles. The summed E-state index contributed by atoms with van der Waals surface area (Å²) in [5.74, 6) is 0. The van der Waals surface area contributed by atoms with Crippen LogP contribution in [0.2, 0.25) is 0 Å². The van der Waals surface area contributed by atoms with Gasteiger partial charge < -0.3 is 34.1 Å². The molecule has 0 spiro atoms. The monoisotopic (exact) mass is 327 g/mol. The van der Waals surface area contributed by atoms with E-state index in [0.717, 1.165) is 0 Å². The molecule has 0 aliphatic rings. The molecule has 116 valence electrons. The molecular formula is C10H19NO7P2. The van der Waals surface area contributed by atoms with Gasteiger partial charge in [0.15, 0.2) is 0 Å². The Morgan fingerprint density at radius 3 is 1.95 bits per heavy atom. The minimum absolute atomic E-state index is 0. The highest BCUT2D eigenvalue weighted by molar-refractivity contribution is 7.69. The predicted molar refractivity (Wildman–Crippen MR) is 71.5 cm³/mol. The maximum atomic E-state index is 11.4. The van der Waals surface area contributed by atoms with E-state index in [0.29, 0.717) is 5.56 Å². The van der Waals surface area contributed by atoms with E-state index in [1.54, 1.807) is 30.3 Å². The molecule has 0 heterocycles. The summed E-state index contributed by atoms with van der Waals surface area (Å²) in [5.41, 5.74) is -1.47. The molecule has 8 nitrogen and oxygen atoms in total. The summed E-state index contributed by atoms with van der Waals surface area (Å²) >= 11 is 0. The fourth-order valence-corrected chi connectivity index (χ4v) is 5.42. The first kappa shape index (κ1) is 19.4. The Balaban J connectivity index is 0.00000361. The Bertz CT molecular complexity index is 500. The standard InChI is InChI=1S/C10H17NO6P2.H2O/c1-11(2,8-9-6-4-3-5-7-9)10(18(12,13)14)19(15,16)17;/h3-7,10H,8H2,1-2H3,(H3-,12,13,14,15,16,17);1H2. The van der Waals surface area contributed by atoms with Gasteiger partial charge in [0.1, 0.15) is 6.54 Å². The summed E-state index contributed by atoms with van der Waals surface area (Å²) in [6, 6.07) is 8.66. The van der Waals surface area contributed by atoms with Crippen LogP contribution in [0, 0.1) is 0 Å². The Morgan fingerprint density at radius 1 is 1.15 bits per heavy atom. The third-order valence-corrected chi connectivity index (χ3v) is 6.86. The quantitative estimate of drug-likeness (QED) is 0.487. The Hall–Kier alpha value is -0.560. The van der Waals surface area contributed by atoms with Gasteiger partial charge >= 0.3 is 7.60 Å². The van der Waals surface area contributed by atoms with Crippen LogP contribution in [-0.4, -0.2) is 44.3 Å². The van der Waals surface area contributed by atoms with Gasteiger partial charge in [0.25, 0.3) is 5.52 Å². The first-order valence-electron chi connectivity index (χ1n) is 5.40. The average Bonchev–Trinajstić information content (AvgIpc) is 2.11. The van der Waals surface area contributed by atoms with Crippen LogP contribution in [0.15, 0.2) is 30.3 Å². The topological polar surface area (TPSA) is 149 Å². The van der Waals surface area contributed by atoms with Crippen LogP contribution in [0.1, 0.15) is 5.56 Å². The van der Waals surface area contributed by atoms with E-state index in [1.807, 2.05) is 0 Å². The van der Waals surface area contributed by atoms with Crippen LogP contribution in [0.5, 0.6) is 0 Å². The SMILES string of the molecule is C[N+](C)(Cc1ccccc1)C(P(=O)([O-])O)P(=O)(O)O.O. The first-order valence-corrected chi connectivity index (χ1v) is 8.73. The van der Waals surface area contributed by atoms with Crippen molar-refractivity contribution in [3.05, 3.63) is 35.9 Å². The van der Waals surface area contributed by atoms with Gasteiger partial charge in [0.2, 0.25) is 7.60 Å². The summed E-state index contributed by atoms with van der Waals surface area (Å²) < 4.78 is 22.1. The number of hydrogen-bond acceptors (Lipinski definition) is 3. The lowest BCUT2D eigenvalue weighted by molar-refractivity contribution is -0.905. The maximum absolute atomic E-state index is 11.4. The van der Waals surface area contributed by atoms with E-state index in [2.05, 4.69) is 0 Å². The summed E-state index contributed by atoms with van der Waals surface area (Å²) in [6.07, 6.45) is 0. The van der Waals surface area contributed by atoms with E-state index in [9.17, 15) is 23.8 Å². The lowest BCUT2D eigenvalue weighted by Crippen LogP contribution is -2.49. The molecular weight excluding hydrogens is 308 g/mol. The van der Waals surface area contributed by atoms with Gasteiger partial charge in [0.05, 0.1) is 14.1 Å². The number of rotatable bonds is 5. The highest BCUT2D eigenvalue weighted by atomic mass is 31.2. The third-order valence-electron chi connectivity index (χ3n) is 2.65. The molecule has 0 aliphatic heterocycles. The molecule has 0 aliphatic carbocycles. The van der Waals surface area contributed by atoms with Crippen LogP contribution in [0.3, 0.4) is 0 Å². The van der Waals surface area contributed by atoms with Gasteiger partial charge in [-0.25, -0.2) is 0 Å². The fraction of sp³-hybridized carbons (Fsp3) is 0.400. The minimum Gasteiger partial charge on any atom is -0.774 e. The average molecular weight is 327 g/mol. The third kappa shape index (κ3) is 5.09. The number of benzene rings is 1. The zero-order valence-corrected chi connectivity index (χ0v) is 12.9. The molecule has 10 heteroatoms. The van der Waals surface area contributed by atoms with Gasteiger partial charge in [-0.15, -0.1) is 0 Å². The second-order valence-corrected chi connectivity index (χ2v) is 8.61. The molecule has 2 unspecified atom stereocenters. The molecule has 1 rings (SSSR count). The Labute approximate surface area is 116 Å². The fourth-order valence-electron chi connectivity index (χ4n) is 2.13. The number of quaternary nitrogens is 1. The van der Waals surface area contributed by atoms with Crippen LogP contribution in [0.25, 0.3) is 0 Å². The van der Waals surface area contributed by atoms with Crippen molar-refractivity contribution in [2.75, 3.05) is 14.1 Å². The van der Waals surface area contributed by atoms with E-state index in [1.165, 1.54) is 14.1 Å². The second kappa shape index (κ2) is 6.47. The summed E-state index contributed by atoms with van der Waals surface area (Å²) in [4.78, 5) is 38.8. The van der Waals surface area contributed by atoms with Gasteiger partial charge in [-0.05, 0) is 0 Å². The maximum Gasteiger partial charge on any atom is 0.391 e. The number of nitrogens with zero attached hydrogens (tertiary/aromatic N) is 1. The summed E-state index contributed by atoms with van der Waals surface area (Å²) in [5, 5.41) is 0. The van der Waals surface area contributed by atoms with Gasteiger partial charge in [-0.3, -0.25) is 4.57 Å². The van der Waals surface area contributed by atoms with E-state index in [4.69, 9.17) is 4.89 Å². The van der Waals surface area contributed by atoms with Gasteiger partial charge in [0, 0.05) is 5.56 Å². The van der Waals surface area contributed by atoms with Gasteiger partial charge in [-0.1, -0.05) is 30.3 Å². The summed E-state index contributed by atoms with van der Waals surface area (Å²) in [6.45, 7) is 0.0589. The van der Waals surface area contributed by atoms with Crippen LogP contribution >= 0.6 is 15.2 Å². The minimum atomic E-state index is -5.20.